The second kappa shape index (κ2) is 5.58. The quantitative estimate of drug-likeness (QED) is 0.652. The average Bonchev–Trinajstić information content (AvgIpc) is 2.63. The van der Waals surface area contributed by atoms with Crippen molar-refractivity contribution in [1.29, 1.82) is 0 Å². The van der Waals surface area contributed by atoms with Crippen molar-refractivity contribution in [3.63, 3.8) is 0 Å². The molecule has 0 bridgehead atoms. The van der Waals surface area contributed by atoms with Crippen LogP contribution in [0.2, 0.25) is 0 Å². The molecule has 0 atom stereocenters. The molecule has 0 aliphatic heterocycles. The predicted molar refractivity (Wildman–Crippen MR) is 56.4 cm³/mol. The lowest BCUT2D eigenvalue weighted by atomic mass is 10.1. The van der Waals surface area contributed by atoms with Crippen LogP contribution in [0, 0.1) is 0 Å². The lowest BCUT2D eigenvalue weighted by Gasteiger charge is -1.96. The number of ketones is 1. The number of carbonyl (C=O) groups is 1. The Bertz CT molecular complexity index is 291. The molecule has 78 valence electrons. The first kappa shape index (κ1) is 11.0. The molecule has 0 aromatic carbocycles. The summed E-state index contributed by atoms with van der Waals surface area (Å²) in [6.07, 6.45) is 7.25. The van der Waals surface area contributed by atoms with E-state index in [9.17, 15) is 4.79 Å². The van der Waals surface area contributed by atoms with Crippen LogP contribution in [-0.4, -0.2) is 15.6 Å². The molecule has 1 aromatic rings. The smallest absolute Gasteiger partial charge is 0.166 e. The highest BCUT2D eigenvalue weighted by Crippen LogP contribution is 2.06. The summed E-state index contributed by atoms with van der Waals surface area (Å²) in [6, 6.07) is 0. The zero-order valence-corrected chi connectivity index (χ0v) is 8.99. The van der Waals surface area contributed by atoms with Gasteiger partial charge in [0.25, 0.3) is 0 Å². The van der Waals surface area contributed by atoms with E-state index in [0.717, 1.165) is 31.4 Å². The zero-order valence-electron chi connectivity index (χ0n) is 8.99. The van der Waals surface area contributed by atoms with E-state index < -0.39 is 0 Å². The number of carbonyl (C=O) groups excluding carboxylic acids is 1. The summed E-state index contributed by atoms with van der Waals surface area (Å²) in [6.45, 7) is 5.08. The van der Waals surface area contributed by atoms with Crippen molar-refractivity contribution in [3.8, 4) is 0 Å². The van der Waals surface area contributed by atoms with Crippen molar-refractivity contribution in [3.05, 3.63) is 18.0 Å². The molecule has 0 spiro atoms. The summed E-state index contributed by atoms with van der Waals surface area (Å²) in [5, 5.41) is 4.13. The molecule has 3 heteroatoms. The van der Waals surface area contributed by atoms with Crippen LogP contribution >= 0.6 is 0 Å². The minimum absolute atomic E-state index is 0.217. The van der Waals surface area contributed by atoms with Gasteiger partial charge >= 0.3 is 0 Å². The van der Waals surface area contributed by atoms with E-state index in [1.165, 1.54) is 0 Å². The van der Waals surface area contributed by atoms with Crippen LogP contribution in [0.5, 0.6) is 0 Å². The molecule has 14 heavy (non-hydrogen) atoms. The van der Waals surface area contributed by atoms with Gasteiger partial charge in [0.05, 0.1) is 11.8 Å². The fourth-order valence-electron chi connectivity index (χ4n) is 1.34. The van der Waals surface area contributed by atoms with Gasteiger partial charge in [0.2, 0.25) is 0 Å². The molecule has 0 aliphatic rings. The van der Waals surface area contributed by atoms with Gasteiger partial charge in [-0.05, 0) is 12.8 Å². The number of rotatable bonds is 6. The molecule has 1 heterocycles. The molecule has 3 nitrogen and oxygen atoms in total. The number of aryl methyl sites for hydroxylation is 1. The third-order valence-electron chi connectivity index (χ3n) is 2.17. The van der Waals surface area contributed by atoms with Crippen LogP contribution in [0.3, 0.4) is 0 Å². The highest BCUT2D eigenvalue weighted by atomic mass is 16.1. The second-order valence-corrected chi connectivity index (χ2v) is 3.52. The summed E-state index contributed by atoms with van der Waals surface area (Å²) >= 11 is 0. The van der Waals surface area contributed by atoms with Crippen LogP contribution in [0.25, 0.3) is 0 Å². The van der Waals surface area contributed by atoms with Gasteiger partial charge in [0.1, 0.15) is 0 Å². The Morgan fingerprint density at radius 2 is 2.21 bits per heavy atom. The van der Waals surface area contributed by atoms with Gasteiger partial charge in [-0.3, -0.25) is 9.48 Å². The normalized spacial score (nSPS) is 10.4. The van der Waals surface area contributed by atoms with E-state index in [2.05, 4.69) is 18.9 Å². The van der Waals surface area contributed by atoms with Crippen LogP contribution in [-0.2, 0) is 6.54 Å². The molecule has 0 fully saturated rings. The molecule has 0 unspecified atom stereocenters. The minimum Gasteiger partial charge on any atom is -0.294 e. The maximum absolute atomic E-state index is 11.6. The summed E-state index contributed by atoms with van der Waals surface area (Å²) in [7, 11) is 0. The standard InChI is InChI=1S/C11H18N2O/c1-3-5-6-11(14)10-8-12-13(9-10)7-4-2/h8-9H,3-7H2,1-2H3. The topological polar surface area (TPSA) is 34.9 Å². The number of nitrogens with zero attached hydrogens (tertiary/aromatic N) is 2. The fraction of sp³-hybridized carbons (Fsp3) is 0.636. The van der Waals surface area contributed by atoms with Crippen molar-refractivity contribution in [1.82, 2.24) is 9.78 Å². The van der Waals surface area contributed by atoms with Gasteiger partial charge in [0.15, 0.2) is 5.78 Å². The SMILES string of the molecule is CCCCC(=O)c1cnn(CCC)c1. The highest BCUT2D eigenvalue weighted by Gasteiger charge is 2.07. The molecule has 0 saturated heterocycles. The number of aromatic nitrogens is 2. The van der Waals surface area contributed by atoms with E-state index in [1.54, 1.807) is 6.20 Å². The number of hydrogen-bond donors (Lipinski definition) is 0. The van der Waals surface area contributed by atoms with Crippen LogP contribution in [0.4, 0.5) is 0 Å². The number of Topliss-reactive ketones (excluding diaryl/α,β-unsaturated/α-hetero) is 1. The third kappa shape index (κ3) is 2.98. The Labute approximate surface area is 85.1 Å². The monoisotopic (exact) mass is 194 g/mol. The minimum atomic E-state index is 0.217. The lowest BCUT2D eigenvalue weighted by Crippen LogP contribution is -1.98. The van der Waals surface area contributed by atoms with Gasteiger partial charge in [-0.25, -0.2) is 0 Å². The van der Waals surface area contributed by atoms with Crippen molar-refractivity contribution in [2.75, 3.05) is 0 Å². The molecule has 0 radical (unpaired) electrons. The zero-order chi connectivity index (χ0) is 10.4. The molecule has 0 N–H and O–H groups in total. The number of hydrogen-bond acceptors (Lipinski definition) is 2. The second-order valence-electron chi connectivity index (χ2n) is 3.52. The maximum Gasteiger partial charge on any atom is 0.166 e. The van der Waals surface area contributed by atoms with Gasteiger partial charge in [-0.15, -0.1) is 0 Å². The van der Waals surface area contributed by atoms with Crippen LogP contribution in [0.1, 0.15) is 49.9 Å². The summed E-state index contributed by atoms with van der Waals surface area (Å²) in [4.78, 5) is 11.6. The molecule has 0 saturated carbocycles. The maximum atomic E-state index is 11.6. The number of unbranched alkanes of at least 4 members (excludes halogenated alkanes) is 1. The van der Waals surface area contributed by atoms with Crippen molar-refractivity contribution in [2.45, 2.75) is 46.1 Å². The van der Waals surface area contributed by atoms with Gasteiger partial charge in [0, 0.05) is 19.2 Å². The van der Waals surface area contributed by atoms with Gasteiger partial charge in [-0.2, -0.15) is 5.10 Å². The Kier molecular flexibility index (Phi) is 4.36. The van der Waals surface area contributed by atoms with E-state index >= 15 is 0 Å². The average molecular weight is 194 g/mol. The summed E-state index contributed by atoms with van der Waals surface area (Å²) in [5.41, 5.74) is 0.756. The van der Waals surface area contributed by atoms with Crippen molar-refractivity contribution >= 4 is 5.78 Å². The Balaban J connectivity index is 2.53. The highest BCUT2D eigenvalue weighted by molar-refractivity contribution is 5.95. The van der Waals surface area contributed by atoms with Crippen LogP contribution < -0.4 is 0 Å². The van der Waals surface area contributed by atoms with E-state index in [4.69, 9.17) is 0 Å². The first-order valence-electron chi connectivity index (χ1n) is 5.33. The lowest BCUT2D eigenvalue weighted by molar-refractivity contribution is 0.0979. The fourth-order valence-corrected chi connectivity index (χ4v) is 1.34. The largest absolute Gasteiger partial charge is 0.294 e. The van der Waals surface area contributed by atoms with E-state index in [1.807, 2.05) is 10.9 Å². The van der Waals surface area contributed by atoms with Crippen molar-refractivity contribution in [2.24, 2.45) is 0 Å². The van der Waals surface area contributed by atoms with Crippen LogP contribution in [0.15, 0.2) is 12.4 Å². The van der Waals surface area contributed by atoms with E-state index in [-0.39, 0.29) is 5.78 Å². The Morgan fingerprint density at radius 1 is 1.43 bits per heavy atom. The Morgan fingerprint density at radius 3 is 2.86 bits per heavy atom. The van der Waals surface area contributed by atoms with Crippen molar-refractivity contribution < 1.29 is 4.79 Å². The molecule has 1 rings (SSSR count). The van der Waals surface area contributed by atoms with E-state index in [0.29, 0.717) is 6.42 Å². The first-order valence-corrected chi connectivity index (χ1v) is 5.33. The predicted octanol–water partition coefficient (Wildman–Crippen LogP) is 2.67. The molecule has 0 aliphatic carbocycles. The molecule has 1 aromatic heterocycles. The Hall–Kier alpha value is -1.12. The summed E-state index contributed by atoms with van der Waals surface area (Å²) in [5.74, 6) is 0.217. The third-order valence-corrected chi connectivity index (χ3v) is 2.17. The van der Waals surface area contributed by atoms with Gasteiger partial charge < -0.3 is 0 Å². The first-order chi connectivity index (χ1) is 6.77. The summed E-state index contributed by atoms with van der Waals surface area (Å²) < 4.78 is 1.83. The molecule has 0 amide bonds. The molecular formula is C11H18N2O. The van der Waals surface area contributed by atoms with Gasteiger partial charge in [-0.1, -0.05) is 20.3 Å². The molecular weight excluding hydrogens is 176 g/mol.